The molecular weight excluding hydrogens is 322 g/mol. The van der Waals surface area contributed by atoms with Gasteiger partial charge in [0.05, 0.1) is 4.87 Å². The number of amides is 2. The maximum absolute atomic E-state index is 12.6. The highest BCUT2D eigenvalue weighted by atomic mass is 32.2. The number of likely N-dealkylation sites (N-methyl/N-ethyl adjacent to an activating group) is 1. The number of hydrogen-bond acceptors (Lipinski definition) is 4. The van der Waals surface area contributed by atoms with Crippen LogP contribution in [0.1, 0.15) is 26.7 Å². The van der Waals surface area contributed by atoms with Crippen LogP contribution in [0, 0.1) is 0 Å². The van der Waals surface area contributed by atoms with Gasteiger partial charge in [-0.1, -0.05) is 18.2 Å². The van der Waals surface area contributed by atoms with E-state index < -0.39 is 0 Å². The number of nitrogens with one attached hydrogen (secondary N) is 1. The molecule has 0 radical (unpaired) electrons. The third-order valence-electron chi connectivity index (χ3n) is 5.14. The molecule has 0 aliphatic carbocycles. The van der Waals surface area contributed by atoms with Crippen molar-refractivity contribution < 1.29 is 9.59 Å². The Morgan fingerprint density at radius 3 is 2.88 bits per heavy atom. The highest BCUT2D eigenvalue weighted by Crippen LogP contribution is 2.47. The van der Waals surface area contributed by atoms with Crippen molar-refractivity contribution in [1.29, 1.82) is 0 Å². The quantitative estimate of drug-likeness (QED) is 0.886. The Labute approximate surface area is 147 Å². The molecule has 2 aliphatic rings. The van der Waals surface area contributed by atoms with Crippen molar-refractivity contribution in [2.75, 3.05) is 24.2 Å². The summed E-state index contributed by atoms with van der Waals surface area (Å²) >= 11 is 1.73. The molecule has 6 heteroatoms. The lowest BCUT2D eigenvalue weighted by molar-refractivity contribution is -0.137. The number of carbonyl (C=O) groups excluding carboxylic acids is 2. The van der Waals surface area contributed by atoms with Gasteiger partial charge in [-0.2, -0.15) is 0 Å². The van der Waals surface area contributed by atoms with Gasteiger partial charge >= 0.3 is 0 Å². The van der Waals surface area contributed by atoms with Gasteiger partial charge in [0.15, 0.2) is 0 Å². The minimum Gasteiger partial charge on any atom is -0.370 e. The van der Waals surface area contributed by atoms with Gasteiger partial charge in [-0.25, -0.2) is 0 Å². The zero-order chi connectivity index (χ0) is 17.3. The summed E-state index contributed by atoms with van der Waals surface area (Å²) in [5, 5.41) is 3.04. The summed E-state index contributed by atoms with van der Waals surface area (Å²) in [7, 11) is 2.03. The van der Waals surface area contributed by atoms with Gasteiger partial charge in [-0.15, -0.1) is 11.8 Å². The SMILES string of the molecule is C[C@H](CNC(=O)[C@H]1CS[C@]2(C)CCC(=O)N12)N(C)c1ccccc1. The zero-order valence-electron chi connectivity index (χ0n) is 14.5. The predicted octanol–water partition coefficient (Wildman–Crippen LogP) is 2.08. The summed E-state index contributed by atoms with van der Waals surface area (Å²) in [6.45, 7) is 4.72. The predicted molar refractivity (Wildman–Crippen MR) is 98.0 cm³/mol. The summed E-state index contributed by atoms with van der Waals surface area (Å²) in [4.78, 5) is 28.5. The van der Waals surface area contributed by atoms with Gasteiger partial charge in [0.25, 0.3) is 0 Å². The van der Waals surface area contributed by atoms with Crippen LogP contribution in [-0.4, -0.2) is 53.0 Å². The lowest BCUT2D eigenvalue weighted by Gasteiger charge is -2.31. The van der Waals surface area contributed by atoms with Crippen molar-refractivity contribution in [2.45, 2.75) is 43.6 Å². The first-order chi connectivity index (χ1) is 11.4. The van der Waals surface area contributed by atoms with E-state index in [2.05, 4.69) is 36.2 Å². The molecule has 24 heavy (non-hydrogen) atoms. The van der Waals surface area contributed by atoms with E-state index in [4.69, 9.17) is 0 Å². The van der Waals surface area contributed by atoms with Crippen LogP contribution in [0.25, 0.3) is 0 Å². The number of para-hydroxylation sites is 1. The number of thioether (sulfide) groups is 1. The van der Waals surface area contributed by atoms with Gasteiger partial charge in [0, 0.05) is 37.5 Å². The number of nitrogens with zero attached hydrogens (tertiary/aromatic N) is 2. The van der Waals surface area contributed by atoms with E-state index in [9.17, 15) is 9.59 Å². The van der Waals surface area contributed by atoms with Crippen molar-refractivity contribution in [3.63, 3.8) is 0 Å². The van der Waals surface area contributed by atoms with Crippen LogP contribution in [0.5, 0.6) is 0 Å². The molecule has 0 aromatic heterocycles. The third kappa shape index (κ3) is 3.11. The molecule has 2 heterocycles. The van der Waals surface area contributed by atoms with Gasteiger partial charge in [0.1, 0.15) is 6.04 Å². The van der Waals surface area contributed by atoms with E-state index in [-0.39, 0.29) is 28.8 Å². The van der Waals surface area contributed by atoms with Crippen LogP contribution in [0.3, 0.4) is 0 Å². The van der Waals surface area contributed by atoms with Crippen molar-refractivity contribution in [1.82, 2.24) is 10.2 Å². The summed E-state index contributed by atoms with van der Waals surface area (Å²) < 4.78 is 0. The van der Waals surface area contributed by atoms with Crippen LogP contribution in [0.2, 0.25) is 0 Å². The van der Waals surface area contributed by atoms with E-state index in [0.29, 0.717) is 18.7 Å². The summed E-state index contributed by atoms with van der Waals surface area (Å²) in [5.41, 5.74) is 1.12. The first kappa shape index (κ1) is 17.1. The molecule has 3 rings (SSSR count). The van der Waals surface area contributed by atoms with Crippen LogP contribution < -0.4 is 10.2 Å². The third-order valence-corrected chi connectivity index (χ3v) is 6.65. The number of rotatable bonds is 5. The topological polar surface area (TPSA) is 52.7 Å². The zero-order valence-corrected chi connectivity index (χ0v) is 15.3. The number of anilines is 1. The number of fused-ring (bicyclic) bond motifs is 1. The fourth-order valence-corrected chi connectivity index (χ4v) is 4.87. The minimum absolute atomic E-state index is 0.0326. The van der Waals surface area contributed by atoms with Crippen molar-refractivity contribution in [2.24, 2.45) is 0 Å². The van der Waals surface area contributed by atoms with Crippen LogP contribution in [-0.2, 0) is 9.59 Å². The van der Waals surface area contributed by atoms with E-state index in [1.54, 1.807) is 16.7 Å². The molecule has 1 aromatic rings. The second kappa shape index (κ2) is 6.67. The van der Waals surface area contributed by atoms with Crippen LogP contribution >= 0.6 is 11.8 Å². The monoisotopic (exact) mass is 347 g/mol. The molecular formula is C18H25N3O2S. The Morgan fingerprint density at radius 2 is 2.17 bits per heavy atom. The van der Waals surface area contributed by atoms with Crippen molar-refractivity contribution >= 4 is 29.3 Å². The molecule has 5 nitrogen and oxygen atoms in total. The second-order valence-electron chi connectivity index (χ2n) is 6.81. The molecule has 2 aliphatic heterocycles. The molecule has 130 valence electrons. The summed E-state index contributed by atoms with van der Waals surface area (Å²) in [6.07, 6.45) is 1.40. The summed E-state index contributed by atoms with van der Waals surface area (Å²) in [6, 6.07) is 9.96. The maximum Gasteiger partial charge on any atom is 0.243 e. The fraction of sp³-hybridized carbons (Fsp3) is 0.556. The summed E-state index contributed by atoms with van der Waals surface area (Å²) in [5.74, 6) is 0.767. The second-order valence-corrected chi connectivity index (χ2v) is 8.31. The lowest BCUT2D eigenvalue weighted by Crippen LogP contribution is -2.52. The lowest BCUT2D eigenvalue weighted by atomic mass is 10.2. The standard InChI is InChI=1S/C18H25N3O2S/c1-13(20(3)14-7-5-4-6-8-14)11-19-17(23)15-12-24-18(2)10-9-16(22)21(15)18/h4-8,13,15H,9-12H2,1-3H3,(H,19,23)/t13-,15-,18-/m1/s1. The largest absolute Gasteiger partial charge is 0.370 e. The Kier molecular flexibility index (Phi) is 4.76. The average Bonchev–Trinajstić information content (AvgIpc) is 3.09. The minimum atomic E-state index is -0.329. The van der Waals surface area contributed by atoms with Gasteiger partial charge in [0.2, 0.25) is 11.8 Å². The Morgan fingerprint density at radius 1 is 1.46 bits per heavy atom. The Balaban J connectivity index is 1.57. The molecule has 0 spiro atoms. The van der Waals surface area contributed by atoms with Crippen molar-refractivity contribution in [3.05, 3.63) is 30.3 Å². The highest BCUT2D eigenvalue weighted by molar-refractivity contribution is 8.01. The first-order valence-corrected chi connectivity index (χ1v) is 9.42. The molecule has 3 atom stereocenters. The molecule has 1 aromatic carbocycles. The van der Waals surface area contributed by atoms with E-state index in [1.165, 1.54) is 0 Å². The molecule has 2 saturated heterocycles. The maximum atomic E-state index is 12.6. The Hall–Kier alpha value is -1.69. The van der Waals surface area contributed by atoms with Crippen LogP contribution in [0.15, 0.2) is 30.3 Å². The van der Waals surface area contributed by atoms with E-state index >= 15 is 0 Å². The molecule has 1 N–H and O–H groups in total. The van der Waals surface area contributed by atoms with Gasteiger partial charge in [-0.3, -0.25) is 9.59 Å². The van der Waals surface area contributed by atoms with Crippen LogP contribution in [0.4, 0.5) is 5.69 Å². The number of carbonyl (C=O) groups is 2. The molecule has 0 bridgehead atoms. The molecule has 0 saturated carbocycles. The van der Waals surface area contributed by atoms with Gasteiger partial charge < -0.3 is 15.1 Å². The first-order valence-electron chi connectivity index (χ1n) is 8.44. The number of benzene rings is 1. The fourth-order valence-electron chi connectivity index (χ4n) is 3.44. The number of hydrogen-bond donors (Lipinski definition) is 1. The van der Waals surface area contributed by atoms with Crippen molar-refractivity contribution in [3.8, 4) is 0 Å². The van der Waals surface area contributed by atoms with E-state index in [1.807, 2.05) is 25.2 Å². The van der Waals surface area contributed by atoms with Gasteiger partial charge in [-0.05, 0) is 32.4 Å². The Bertz CT molecular complexity index is 624. The molecule has 2 amide bonds. The highest BCUT2D eigenvalue weighted by Gasteiger charge is 2.52. The molecule has 2 fully saturated rings. The normalized spacial score (nSPS) is 27.0. The van der Waals surface area contributed by atoms with E-state index in [0.717, 1.165) is 12.1 Å². The molecule has 0 unspecified atom stereocenters. The average molecular weight is 347 g/mol. The smallest absolute Gasteiger partial charge is 0.243 e.